The normalized spacial score (nSPS) is 24.4. The molecule has 2 unspecified atom stereocenters. The fourth-order valence-electron chi connectivity index (χ4n) is 4.37. The molecule has 0 radical (unpaired) electrons. The van der Waals surface area contributed by atoms with Crippen LogP contribution < -0.4 is 0 Å². The molecule has 0 spiro atoms. The molecule has 1 N–H and O–H groups in total. The lowest BCUT2D eigenvalue weighted by molar-refractivity contribution is -0.139. The van der Waals surface area contributed by atoms with Crippen molar-refractivity contribution in [3.8, 4) is 0 Å². The molecule has 1 aromatic carbocycles. The second kappa shape index (κ2) is 6.51. The number of carboxylic acid groups (broad SMARTS) is 1. The molecule has 2 fully saturated rings. The zero-order chi connectivity index (χ0) is 19.3. The SMILES string of the molecule is Cn1nc(C2CCN(CC3CC3C(=O)O)CC2)c2cccc(C(F)(F)F)c21. The number of carbonyl (C=O) groups is 1. The number of para-hydroxylation sites is 1. The summed E-state index contributed by atoms with van der Waals surface area (Å²) >= 11 is 0. The Morgan fingerprint density at radius 2 is 2.00 bits per heavy atom. The Labute approximate surface area is 154 Å². The minimum absolute atomic E-state index is 0.128. The van der Waals surface area contributed by atoms with E-state index in [4.69, 9.17) is 5.11 Å². The van der Waals surface area contributed by atoms with E-state index in [0.717, 1.165) is 50.7 Å². The van der Waals surface area contributed by atoms with Crippen LogP contribution in [0.3, 0.4) is 0 Å². The molecule has 0 bridgehead atoms. The van der Waals surface area contributed by atoms with Crippen molar-refractivity contribution in [1.29, 1.82) is 0 Å². The van der Waals surface area contributed by atoms with E-state index in [1.54, 1.807) is 13.1 Å². The molecule has 4 rings (SSSR count). The van der Waals surface area contributed by atoms with Gasteiger partial charge in [0.2, 0.25) is 0 Å². The molecular formula is C19H22F3N3O2. The number of rotatable bonds is 4. The number of nitrogens with zero attached hydrogens (tertiary/aromatic N) is 3. The molecule has 2 atom stereocenters. The first-order chi connectivity index (χ1) is 12.8. The molecule has 5 nitrogen and oxygen atoms in total. The minimum Gasteiger partial charge on any atom is -0.481 e. The van der Waals surface area contributed by atoms with E-state index in [1.165, 1.54) is 10.7 Å². The van der Waals surface area contributed by atoms with Gasteiger partial charge in [-0.3, -0.25) is 9.48 Å². The van der Waals surface area contributed by atoms with Gasteiger partial charge < -0.3 is 10.0 Å². The molecule has 1 aliphatic carbocycles. The zero-order valence-electron chi connectivity index (χ0n) is 15.0. The van der Waals surface area contributed by atoms with Gasteiger partial charge in [0, 0.05) is 24.9 Å². The van der Waals surface area contributed by atoms with Gasteiger partial charge in [0.25, 0.3) is 0 Å². The van der Waals surface area contributed by atoms with E-state index in [9.17, 15) is 18.0 Å². The Hall–Kier alpha value is -2.09. The fraction of sp³-hybridized carbons (Fsp3) is 0.579. The lowest BCUT2D eigenvalue weighted by Gasteiger charge is -2.31. The van der Waals surface area contributed by atoms with Crippen LogP contribution in [-0.2, 0) is 18.0 Å². The Kier molecular flexibility index (Phi) is 4.41. The monoisotopic (exact) mass is 381 g/mol. The average Bonchev–Trinajstić information content (AvgIpc) is 3.30. The van der Waals surface area contributed by atoms with Gasteiger partial charge in [-0.1, -0.05) is 12.1 Å². The van der Waals surface area contributed by atoms with E-state index < -0.39 is 17.7 Å². The molecule has 8 heteroatoms. The molecule has 1 aromatic heterocycles. The molecule has 1 saturated carbocycles. The maximum atomic E-state index is 13.3. The highest BCUT2D eigenvalue weighted by atomic mass is 19.4. The van der Waals surface area contributed by atoms with Crippen molar-refractivity contribution in [3.63, 3.8) is 0 Å². The van der Waals surface area contributed by atoms with Crippen molar-refractivity contribution in [3.05, 3.63) is 29.5 Å². The van der Waals surface area contributed by atoms with E-state index in [0.29, 0.717) is 5.39 Å². The van der Waals surface area contributed by atoms with Gasteiger partial charge in [-0.25, -0.2) is 0 Å². The van der Waals surface area contributed by atoms with Gasteiger partial charge in [-0.2, -0.15) is 18.3 Å². The Morgan fingerprint density at radius 1 is 1.30 bits per heavy atom. The van der Waals surface area contributed by atoms with Crippen LogP contribution in [0.5, 0.6) is 0 Å². The van der Waals surface area contributed by atoms with Crippen LogP contribution in [0, 0.1) is 11.8 Å². The number of piperidine rings is 1. The third kappa shape index (κ3) is 3.42. The topological polar surface area (TPSA) is 58.4 Å². The maximum Gasteiger partial charge on any atom is 0.418 e. The van der Waals surface area contributed by atoms with Gasteiger partial charge in [0.15, 0.2) is 0 Å². The summed E-state index contributed by atoms with van der Waals surface area (Å²) in [6.07, 6.45) is -2.00. The van der Waals surface area contributed by atoms with Gasteiger partial charge in [-0.05, 0) is 44.3 Å². The van der Waals surface area contributed by atoms with E-state index in [-0.39, 0.29) is 23.3 Å². The molecule has 27 heavy (non-hydrogen) atoms. The number of alkyl halides is 3. The van der Waals surface area contributed by atoms with Crippen LogP contribution in [0.15, 0.2) is 18.2 Å². The summed E-state index contributed by atoms with van der Waals surface area (Å²) in [5.74, 6) is -0.550. The number of aliphatic carboxylic acids is 1. The molecule has 0 amide bonds. The number of fused-ring (bicyclic) bond motifs is 1. The fourth-order valence-corrected chi connectivity index (χ4v) is 4.37. The van der Waals surface area contributed by atoms with E-state index in [1.807, 2.05) is 0 Å². The summed E-state index contributed by atoms with van der Waals surface area (Å²) in [5, 5.41) is 14.0. The number of likely N-dealkylation sites (tertiary alicyclic amines) is 1. The third-order valence-corrected chi connectivity index (χ3v) is 5.91. The summed E-state index contributed by atoms with van der Waals surface area (Å²) in [6, 6.07) is 4.27. The average molecular weight is 381 g/mol. The van der Waals surface area contributed by atoms with Crippen LogP contribution in [0.25, 0.3) is 10.9 Å². The highest BCUT2D eigenvalue weighted by Gasteiger charge is 2.44. The largest absolute Gasteiger partial charge is 0.481 e. The summed E-state index contributed by atoms with van der Waals surface area (Å²) in [6.45, 7) is 2.44. The number of benzene rings is 1. The molecule has 2 heterocycles. The first-order valence-electron chi connectivity index (χ1n) is 9.23. The Balaban J connectivity index is 1.49. The van der Waals surface area contributed by atoms with E-state index >= 15 is 0 Å². The highest BCUT2D eigenvalue weighted by Crippen LogP contribution is 2.41. The number of carboxylic acids is 1. The predicted molar refractivity (Wildman–Crippen MR) is 93.4 cm³/mol. The standard InChI is InChI=1S/C19H22F3N3O2/c1-24-17-13(3-2-4-15(17)19(20,21)22)16(23-24)11-5-7-25(8-6-11)10-12-9-14(12)18(26)27/h2-4,11-12,14H,5-10H2,1H3,(H,26,27). The van der Waals surface area contributed by atoms with Crippen molar-refractivity contribution in [2.75, 3.05) is 19.6 Å². The van der Waals surface area contributed by atoms with Gasteiger partial charge >= 0.3 is 12.1 Å². The summed E-state index contributed by atoms with van der Waals surface area (Å²) in [5.41, 5.74) is 0.241. The van der Waals surface area contributed by atoms with Crippen molar-refractivity contribution in [1.82, 2.24) is 14.7 Å². The van der Waals surface area contributed by atoms with Gasteiger partial charge in [-0.15, -0.1) is 0 Å². The van der Waals surface area contributed by atoms with Gasteiger partial charge in [0.1, 0.15) is 0 Å². The lowest BCUT2D eigenvalue weighted by atomic mass is 9.91. The Bertz CT molecular complexity index is 869. The highest BCUT2D eigenvalue weighted by molar-refractivity contribution is 5.86. The molecular weight excluding hydrogens is 359 g/mol. The molecule has 1 aliphatic heterocycles. The molecule has 1 saturated heterocycles. The summed E-state index contributed by atoms with van der Waals surface area (Å²) in [4.78, 5) is 13.2. The van der Waals surface area contributed by atoms with E-state index in [2.05, 4.69) is 10.00 Å². The first-order valence-corrected chi connectivity index (χ1v) is 9.23. The van der Waals surface area contributed by atoms with Crippen LogP contribution in [0.2, 0.25) is 0 Å². The second-order valence-electron chi connectivity index (χ2n) is 7.72. The maximum absolute atomic E-state index is 13.3. The number of hydrogen-bond acceptors (Lipinski definition) is 3. The zero-order valence-corrected chi connectivity index (χ0v) is 15.0. The van der Waals surface area contributed by atoms with Crippen molar-refractivity contribution < 1.29 is 23.1 Å². The van der Waals surface area contributed by atoms with Crippen molar-refractivity contribution >= 4 is 16.9 Å². The quantitative estimate of drug-likeness (QED) is 0.881. The van der Waals surface area contributed by atoms with Crippen LogP contribution >= 0.6 is 0 Å². The number of hydrogen-bond donors (Lipinski definition) is 1. The van der Waals surface area contributed by atoms with Gasteiger partial charge in [0.05, 0.1) is 22.7 Å². The minimum atomic E-state index is -4.40. The lowest BCUT2D eigenvalue weighted by Crippen LogP contribution is -2.35. The Morgan fingerprint density at radius 3 is 2.59 bits per heavy atom. The summed E-state index contributed by atoms with van der Waals surface area (Å²) in [7, 11) is 1.56. The number of aryl methyl sites for hydroxylation is 1. The first kappa shape index (κ1) is 18.3. The van der Waals surface area contributed by atoms with Crippen LogP contribution in [0.4, 0.5) is 13.2 Å². The number of aromatic nitrogens is 2. The van der Waals surface area contributed by atoms with Crippen molar-refractivity contribution in [2.24, 2.45) is 18.9 Å². The van der Waals surface area contributed by atoms with Crippen molar-refractivity contribution in [2.45, 2.75) is 31.4 Å². The smallest absolute Gasteiger partial charge is 0.418 e. The molecule has 146 valence electrons. The predicted octanol–water partition coefficient (Wildman–Crippen LogP) is 3.49. The number of halogens is 3. The van der Waals surface area contributed by atoms with Crippen LogP contribution in [0.1, 0.15) is 36.4 Å². The van der Waals surface area contributed by atoms with Crippen LogP contribution in [-0.4, -0.2) is 45.4 Å². The molecule has 2 aliphatic rings. The third-order valence-electron chi connectivity index (χ3n) is 5.91. The molecule has 2 aromatic rings. The summed E-state index contributed by atoms with van der Waals surface area (Å²) < 4.78 is 41.3. The second-order valence-corrected chi connectivity index (χ2v) is 7.72.